The van der Waals surface area contributed by atoms with Crippen LogP contribution in [0.25, 0.3) is 21.7 Å². The highest BCUT2D eigenvalue weighted by molar-refractivity contribution is 6.56. The first kappa shape index (κ1) is 25.4. The van der Waals surface area contributed by atoms with Crippen LogP contribution in [0.3, 0.4) is 0 Å². The number of ketones is 4. The van der Waals surface area contributed by atoms with Crippen molar-refractivity contribution in [3.63, 3.8) is 0 Å². The Bertz CT molecular complexity index is 1950. The van der Waals surface area contributed by atoms with Crippen LogP contribution in [0.15, 0.2) is 66.7 Å². The Morgan fingerprint density at radius 1 is 0.525 bits per heavy atom. The largest absolute Gasteiger partial charge is 0.293 e. The molecule has 0 aliphatic heterocycles. The van der Waals surface area contributed by atoms with E-state index in [0.29, 0.717) is 27.6 Å². The maximum atomic E-state index is 13.6. The minimum Gasteiger partial charge on any atom is -0.293 e. The lowest BCUT2D eigenvalue weighted by Crippen LogP contribution is -2.16. The third-order valence-corrected chi connectivity index (χ3v) is 9.41. The molecule has 2 aliphatic carbocycles. The fourth-order valence-electron chi connectivity index (χ4n) is 5.71. The maximum absolute atomic E-state index is 13.6. The zero-order valence-electron chi connectivity index (χ0n) is 20.1. The van der Waals surface area contributed by atoms with E-state index in [9.17, 15) is 19.2 Å². The predicted octanol–water partition coefficient (Wildman–Crippen LogP) is 8.33. The predicted molar refractivity (Wildman–Crippen MR) is 155 cm³/mol. The van der Waals surface area contributed by atoms with Crippen LogP contribution in [0.4, 0.5) is 0 Å². The molecular weight excluding hydrogens is 592 g/mol. The minimum absolute atomic E-state index is 0.0899. The molecule has 0 unspecified atom stereocenters. The van der Waals surface area contributed by atoms with Crippen LogP contribution in [0.5, 0.6) is 0 Å². The molecule has 4 aromatic carbocycles. The summed E-state index contributed by atoms with van der Waals surface area (Å²) in [7, 11) is 0. The number of benzene rings is 4. The number of hydrogen-bond acceptors (Lipinski definition) is 5. The minimum atomic E-state index is -1.30. The smallest absolute Gasteiger partial charge is 0.180 e. The molecule has 0 atom stereocenters. The molecule has 0 saturated heterocycles. The van der Waals surface area contributed by atoms with Crippen LogP contribution in [-0.4, -0.2) is 28.1 Å². The Morgan fingerprint density at radius 3 is 1.60 bits per heavy atom. The molecule has 5 aromatic rings. The average Bonchev–Trinajstić information content (AvgIpc) is 3.36. The van der Waals surface area contributed by atoms with Gasteiger partial charge in [0, 0.05) is 16.5 Å². The quantitative estimate of drug-likeness (QED) is 0.115. The first-order valence-corrected chi connectivity index (χ1v) is 13.7. The van der Waals surface area contributed by atoms with Gasteiger partial charge in [0.05, 0.1) is 42.4 Å². The second-order valence-corrected chi connectivity index (χ2v) is 11.2. The third-order valence-electron chi connectivity index (χ3n) is 7.61. The van der Waals surface area contributed by atoms with Gasteiger partial charge >= 0.3 is 0 Å². The summed E-state index contributed by atoms with van der Waals surface area (Å²) in [6, 6.07) is 19.4. The Morgan fingerprint density at radius 2 is 1.05 bits per heavy atom. The van der Waals surface area contributed by atoms with Gasteiger partial charge in [0.15, 0.2) is 23.1 Å². The fraction of sp³-hybridized carbons (Fsp3) is 0.0645. The zero-order valence-corrected chi connectivity index (χ0v) is 23.1. The summed E-state index contributed by atoms with van der Waals surface area (Å²) in [6.45, 7) is 0. The van der Waals surface area contributed by atoms with E-state index >= 15 is 0 Å². The number of para-hydroxylation sites is 1. The van der Waals surface area contributed by atoms with E-state index in [1.165, 1.54) is 0 Å². The number of carbonyl (C=O) groups excluding carboxylic acids is 4. The average molecular weight is 605 g/mol. The van der Waals surface area contributed by atoms with Crippen molar-refractivity contribution in [3.8, 4) is 0 Å². The Labute approximate surface area is 246 Å². The van der Waals surface area contributed by atoms with Crippen molar-refractivity contribution in [3.05, 3.63) is 120 Å². The van der Waals surface area contributed by atoms with Gasteiger partial charge in [0.25, 0.3) is 0 Å². The topological polar surface area (TPSA) is 81.2 Å². The van der Waals surface area contributed by atoms with Crippen molar-refractivity contribution < 1.29 is 19.2 Å². The molecule has 1 heterocycles. The van der Waals surface area contributed by atoms with Crippen LogP contribution in [0, 0.1) is 0 Å². The Hall–Kier alpha value is -3.61. The van der Waals surface area contributed by atoms with Crippen molar-refractivity contribution in [2.24, 2.45) is 0 Å². The number of rotatable bonds is 2. The summed E-state index contributed by atoms with van der Waals surface area (Å²) < 4.78 is 0. The van der Waals surface area contributed by atoms with Crippen molar-refractivity contribution in [2.75, 3.05) is 0 Å². The molecule has 0 amide bonds. The van der Waals surface area contributed by atoms with E-state index in [1.54, 1.807) is 42.5 Å². The van der Waals surface area contributed by atoms with Crippen molar-refractivity contribution >= 4 is 91.2 Å². The summed E-state index contributed by atoms with van der Waals surface area (Å²) in [5.74, 6) is -4.31. The van der Waals surface area contributed by atoms with Gasteiger partial charge < -0.3 is 0 Å². The van der Waals surface area contributed by atoms with E-state index in [1.807, 2.05) is 24.3 Å². The van der Waals surface area contributed by atoms with Crippen molar-refractivity contribution in [1.82, 2.24) is 4.98 Å². The highest BCUT2D eigenvalue weighted by Crippen LogP contribution is 2.49. The zero-order chi connectivity index (χ0) is 28.0. The molecule has 194 valence electrons. The monoisotopic (exact) mass is 603 g/mol. The normalized spacial score (nSPS) is 15.5. The fourth-order valence-corrected chi connectivity index (χ4v) is 6.75. The van der Waals surface area contributed by atoms with Crippen LogP contribution in [-0.2, 0) is 0 Å². The van der Waals surface area contributed by atoms with Gasteiger partial charge in [-0.1, -0.05) is 94.9 Å². The van der Waals surface area contributed by atoms with Gasteiger partial charge in [0.2, 0.25) is 0 Å². The van der Waals surface area contributed by atoms with Crippen LogP contribution < -0.4 is 0 Å². The number of fused-ring (bicyclic) bond motifs is 4. The van der Waals surface area contributed by atoms with E-state index < -0.39 is 23.4 Å². The Kier molecular flexibility index (Phi) is 5.67. The number of pyridine rings is 1. The third kappa shape index (κ3) is 3.39. The maximum Gasteiger partial charge on any atom is 0.180 e. The van der Waals surface area contributed by atoms with Gasteiger partial charge in [-0.3, -0.25) is 24.2 Å². The Balaban J connectivity index is 1.37. The molecule has 40 heavy (non-hydrogen) atoms. The summed E-state index contributed by atoms with van der Waals surface area (Å²) in [4.78, 5) is 58.9. The highest BCUT2D eigenvalue weighted by Gasteiger charge is 2.46. The summed E-state index contributed by atoms with van der Waals surface area (Å²) in [5.41, 5.74) is 1.35. The van der Waals surface area contributed by atoms with Crippen molar-refractivity contribution in [1.29, 1.82) is 0 Å². The number of halogens is 4. The molecule has 0 bridgehead atoms. The molecule has 5 nitrogen and oxygen atoms in total. The lowest BCUT2D eigenvalue weighted by atomic mass is 9.91. The van der Waals surface area contributed by atoms with Gasteiger partial charge in [-0.15, -0.1) is 0 Å². The van der Waals surface area contributed by atoms with E-state index in [-0.39, 0.29) is 48.5 Å². The number of hydrogen-bond donors (Lipinski definition) is 0. The summed E-state index contributed by atoms with van der Waals surface area (Å²) in [6.07, 6.45) is 0. The number of Topliss-reactive ketones (excluding diaryl/α,β-unsaturated/α-hetero) is 4. The molecule has 0 saturated carbocycles. The molecule has 0 N–H and O–H groups in total. The molecule has 9 heteroatoms. The SMILES string of the molecule is O=C1c2cc3ccccc3cc2C(=O)C1c1ccc2cccc(C3C(=O)c4c(Cl)c(Cl)c(Cl)c(Cl)c4C3=O)c2n1. The lowest BCUT2D eigenvalue weighted by molar-refractivity contribution is 0.0872. The summed E-state index contributed by atoms with van der Waals surface area (Å²) in [5, 5.41) is 1.81. The molecule has 0 fully saturated rings. The van der Waals surface area contributed by atoms with Crippen LogP contribution in [0.1, 0.15) is 64.5 Å². The van der Waals surface area contributed by atoms with E-state index in [0.717, 1.165) is 10.8 Å². The second kappa shape index (κ2) is 8.95. The lowest BCUT2D eigenvalue weighted by Gasteiger charge is -2.13. The van der Waals surface area contributed by atoms with Gasteiger partial charge in [0.1, 0.15) is 11.8 Å². The van der Waals surface area contributed by atoms with Crippen molar-refractivity contribution in [2.45, 2.75) is 11.8 Å². The van der Waals surface area contributed by atoms with E-state index in [2.05, 4.69) is 0 Å². The molecule has 2 aliphatic rings. The molecular formula is C31H13Cl4NO4. The summed E-state index contributed by atoms with van der Waals surface area (Å²) >= 11 is 25.0. The molecule has 0 spiro atoms. The van der Waals surface area contributed by atoms with Gasteiger partial charge in [-0.25, -0.2) is 0 Å². The van der Waals surface area contributed by atoms with Gasteiger partial charge in [-0.05, 0) is 34.5 Å². The molecule has 1 aromatic heterocycles. The van der Waals surface area contributed by atoms with E-state index in [4.69, 9.17) is 51.4 Å². The molecule has 0 radical (unpaired) electrons. The first-order valence-electron chi connectivity index (χ1n) is 12.1. The second-order valence-electron chi connectivity index (χ2n) is 9.73. The van der Waals surface area contributed by atoms with Crippen LogP contribution in [0.2, 0.25) is 20.1 Å². The number of aromatic nitrogens is 1. The highest BCUT2D eigenvalue weighted by atomic mass is 35.5. The van der Waals surface area contributed by atoms with Crippen LogP contribution >= 0.6 is 46.4 Å². The number of carbonyl (C=O) groups is 4. The first-order chi connectivity index (χ1) is 19.2. The van der Waals surface area contributed by atoms with Gasteiger partial charge in [-0.2, -0.15) is 0 Å². The standard InChI is InChI=1S/C31H13Cl4NO4/c32-23-21-22(24(33)26(35)25(23)34)31(40)19(30(21)39)15-7-3-6-12-8-9-18(36-27(12)15)20-28(37)16-10-13-4-1-2-5-14(13)11-17(16)29(20)38/h1-11,19-20H. The number of nitrogens with zero attached hydrogens (tertiary/aromatic N) is 1. The molecule has 7 rings (SSSR count).